The third-order valence-electron chi connectivity index (χ3n) is 4.75. The zero-order valence-electron chi connectivity index (χ0n) is 16.5. The molecular formula is C21H30N4OS. The van der Waals surface area contributed by atoms with E-state index < -0.39 is 0 Å². The van der Waals surface area contributed by atoms with E-state index in [1.807, 2.05) is 13.1 Å². The number of nitrogens with one attached hydrogen (secondary N) is 1. The molecule has 0 spiro atoms. The topological polar surface area (TPSA) is 49.8 Å². The third-order valence-corrected chi connectivity index (χ3v) is 5.95. The van der Waals surface area contributed by atoms with Gasteiger partial charge in [-0.2, -0.15) is 0 Å². The fourth-order valence-corrected chi connectivity index (χ4v) is 4.08. The molecule has 1 saturated heterocycles. The van der Waals surface area contributed by atoms with E-state index in [0.717, 1.165) is 44.3 Å². The third kappa shape index (κ3) is 5.78. The Bertz CT molecular complexity index is 729. The summed E-state index contributed by atoms with van der Waals surface area (Å²) in [6, 6.07) is 10.4. The molecule has 2 heterocycles. The monoisotopic (exact) mass is 386 g/mol. The van der Waals surface area contributed by atoms with Gasteiger partial charge in [0.15, 0.2) is 5.96 Å². The minimum atomic E-state index is 0.485. The Morgan fingerprint density at radius 3 is 2.89 bits per heavy atom. The van der Waals surface area contributed by atoms with Gasteiger partial charge in [0.1, 0.15) is 0 Å². The quantitative estimate of drug-likeness (QED) is 0.579. The van der Waals surface area contributed by atoms with Gasteiger partial charge in [-0.3, -0.25) is 4.99 Å². The van der Waals surface area contributed by atoms with E-state index in [1.165, 1.54) is 10.6 Å². The zero-order chi connectivity index (χ0) is 19.1. The standard InChI is InChI=1S/C21H30N4OS/c1-16(2)20-24-19(15-27-20)11-23-21(22-3)25-10-9-18(12-25)14-26-13-17-7-5-4-6-8-17/h4-8,15-16,18H,9-14H2,1-3H3,(H,22,23). The summed E-state index contributed by atoms with van der Waals surface area (Å²) in [7, 11) is 1.85. The van der Waals surface area contributed by atoms with Crippen LogP contribution < -0.4 is 5.32 Å². The van der Waals surface area contributed by atoms with Gasteiger partial charge in [-0.25, -0.2) is 4.98 Å². The summed E-state index contributed by atoms with van der Waals surface area (Å²) in [4.78, 5) is 11.5. The predicted octanol–water partition coefficient (Wildman–Crippen LogP) is 3.88. The minimum Gasteiger partial charge on any atom is -0.376 e. The van der Waals surface area contributed by atoms with Crippen molar-refractivity contribution < 1.29 is 4.74 Å². The van der Waals surface area contributed by atoms with Crippen molar-refractivity contribution in [3.05, 3.63) is 52.0 Å². The van der Waals surface area contributed by atoms with Gasteiger partial charge >= 0.3 is 0 Å². The highest BCUT2D eigenvalue weighted by Crippen LogP contribution is 2.20. The Hall–Kier alpha value is -1.92. The van der Waals surface area contributed by atoms with Gasteiger partial charge in [-0.05, 0) is 12.0 Å². The number of guanidine groups is 1. The Morgan fingerprint density at radius 1 is 1.37 bits per heavy atom. The van der Waals surface area contributed by atoms with Gasteiger partial charge in [-0.15, -0.1) is 11.3 Å². The van der Waals surface area contributed by atoms with Gasteiger partial charge in [0.2, 0.25) is 0 Å². The van der Waals surface area contributed by atoms with Crippen molar-refractivity contribution in [1.29, 1.82) is 0 Å². The van der Waals surface area contributed by atoms with E-state index in [2.05, 4.69) is 63.7 Å². The van der Waals surface area contributed by atoms with Crippen LogP contribution in [-0.4, -0.2) is 42.6 Å². The fourth-order valence-electron chi connectivity index (χ4n) is 3.25. The average molecular weight is 387 g/mol. The molecule has 0 aliphatic carbocycles. The van der Waals surface area contributed by atoms with E-state index in [-0.39, 0.29) is 0 Å². The number of hydrogen-bond acceptors (Lipinski definition) is 4. The highest BCUT2D eigenvalue weighted by Gasteiger charge is 2.25. The van der Waals surface area contributed by atoms with Crippen molar-refractivity contribution in [1.82, 2.24) is 15.2 Å². The maximum absolute atomic E-state index is 5.92. The number of benzene rings is 1. The molecular weight excluding hydrogens is 356 g/mol. The predicted molar refractivity (Wildman–Crippen MR) is 112 cm³/mol. The number of ether oxygens (including phenoxy) is 1. The van der Waals surface area contributed by atoms with Crippen LogP contribution in [0.5, 0.6) is 0 Å². The fraction of sp³-hybridized carbons (Fsp3) is 0.524. The number of rotatable bonds is 7. The van der Waals surface area contributed by atoms with Crippen LogP contribution in [0.3, 0.4) is 0 Å². The summed E-state index contributed by atoms with van der Waals surface area (Å²) in [6.07, 6.45) is 1.14. The van der Waals surface area contributed by atoms with E-state index in [1.54, 1.807) is 11.3 Å². The molecule has 1 fully saturated rings. The number of aromatic nitrogens is 1. The first-order chi connectivity index (χ1) is 13.2. The van der Waals surface area contributed by atoms with Crippen molar-refractivity contribution in [2.75, 3.05) is 26.7 Å². The Kier molecular flexibility index (Phi) is 7.24. The van der Waals surface area contributed by atoms with Crippen molar-refractivity contribution in [3.63, 3.8) is 0 Å². The maximum Gasteiger partial charge on any atom is 0.193 e. The van der Waals surface area contributed by atoms with Gasteiger partial charge in [0.05, 0.1) is 30.5 Å². The molecule has 2 aromatic rings. The molecule has 0 radical (unpaired) electrons. The van der Waals surface area contributed by atoms with Crippen molar-refractivity contribution >= 4 is 17.3 Å². The van der Waals surface area contributed by atoms with Crippen LogP contribution in [0.25, 0.3) is 0 Å². The first-order valence-electron chi connectivity index (χ1n) is 9.67. The Balaban J connectivity index is 1.42. The second-order valence-electron chi connectivity index (χ2n) is 7.33. The largest absolute Gasteiger partial charge is 0.376 e. The molecule has 27 heavy (non-hydrogen) atoms. The number of likely N-dealkylation sites (tertiary alicyclic amines) is 1. The first-order valence-corrected chi connectivity index (χ1v) is 10.5. The molecule has 1 N–H and O–H groups in total. The molecule has 6 heteroatoms. The van der Waals surface area contributed by atoms with E-state index in [9.17, 15) is 0 Å². The second-order valence-corrected chi connectivity index (χ2v) is 8.22. The van der Waals surface area contributed by atoms with E-state index in [0.29, 0.717) is 18.4 Å². The molecule has 1 aromatic carbocycles. The summed E-state index contributed by atoms with van der Waals surface area (Å²) in [5, 5.41) is 6.79. The second kappa shape index (κ2) is 9.85. The number of nitrogens with zero attached hydrogens (tertiary/aromatic N) is 3. The van der Waals surface area contributed by atoms with E-state index in [4.69, 9.17) is 4.74 Å². The molecule has 5 nitrogen and oxygen atoms in total. The lowest BCUT2D eigenvalue weighted by Gasteiger charge is -2.21. The van der Waals surface area contributed by atoms with Gasteiger partial charge < -0.3 is 15.0 Å². The van der Waals surface area contributed by atoms with Crippen LogP contribution in [0.1, 0.15) is 42.5 Å². The Morgan fingerprint density at radius 2 is 2.19 bits per heavy atom. The van der Waals surface area contributed by atoms with E-state index >= 15 is 0 Å². The normalized spacial score (nSPS) is 17.7. The van der Waals surface area contributed by atoms with Crippen LogP contribution in [0.4, 0.5) is 0 Å². The van der Waals surface area contributed by atoms with Gasteiger partial charge in [-0.1, -0.05) is 44.2 Å². The van der Waals surface area contributed by atoms with Gasteiger partial charge in [0.25, 0.3) is 0 Å². The van der Waals surface area contributed by atoms with Crippen molar-refractivity contribution in [2.24, 2.45) is 10.9 Å². The lowest BCUT2D eigenvalue weighted by atomic mass is 10.1. The van der Waals surface area contributed by atoms with Crippen LogP contribution >= 0.6 is 11.3 Å². The summed E-state index contributed by atoms with van der Waals surface area (Å²) < 4.78 is 5.92. The molecule has 1 aliphatic heterocycles. The molecule has 1 aliphatic rings. The van der Waals surface area contributed by atoms with Crippen LogP contribution in [0, 0.1) is 5.92 Å². The minimum absolute atomic E-state index is 0.485. The van der Waals surface area contributed by atoms with Crippen LogP contribution in [0.15, 0.2) is 40.7 Å². The first kappa shape index (κ1) is 19.8. The molecule has 1 aromatic heterocycles. The number of aliphatic imine (C=N–C) groups is 1. The summed E-state index contributed by atoms with van der Waals surface area (Å²) >= 11 is 1.74. The molecule has 0 saturated carbocycles. The molecule has 146 valence electrons. The number of hydrogen-bond donors (Lipinski definition) is 1. The smallest absolute Gasteiger partial charge is 0.193 e. The van der Waals surface area contributed by atoms with Crippen LogP contribution in [-0.2, 0) is 17.9 Å². The average Bonchev–Trinajstić information content (AvgIpc) is 3.33. The number of thiazole rings is 1. The summed E-state index contributed by atoms with van der Waals surface area (Å²) in [5.74, 6) is 2.00. The lowest BCUT2D eigenvalue weighted by molar-refractivity contribution is 0.0906. The molecule has 0 bridgehead atoms. The van der Waals surface area contributed by atoms with Crippen molar-refractivity contribution in [2.45, 2.75) is 39.3 Å². The molecule has 1 atom stereocenters. The Labute approximate surface area is 166 Å². The maximum atomic E-state index is 5.92. The van der Waals surface area contributed by atoms with Crippen molar-refractivity contribution in [3.8, 4) is 0 Å². The molecule has 1 unspecified atom stereocenters. The van der Waals surface area contributed by atoms with Crippen LogP contribution in [0.2, 0.25) is 0 Å². The SMILES string of the molecule is CN=C(NCc1csc(C(C)C)n1)N1CCC(COCc2ccccc2)C1. The zero-order valence-corrected chi connectivity index (χ0v) is 17.3. The van der Waals surface area contributed by atoms with Gasteiger partial charge in [0, 0.05) is 37.4 Å². The highest BCUT2D eigenvalue weighted by molar-refractivity contribution is 7.09. The molecule has 3 rings (SSSR count). The summed E-state index contributed by atoms with van der Waals surface area (Å²) in [5.41, 5.74) is 2.32. The highest BCUT2D eigenvalue weighted by atomic mass is 32.1. The summed E-state index contributed by atoms with van der Waals surface area (Å²) in [6.45, 7) is 8.58. The lowest BCUT2D eigenvalue weighted by Crippen LogP contribution is -2.39. The molecule has 0 amide bonds.